The van der Waals surface area contributed by atoms with E-state index in [-0.39, 0.29) is 30.2 Å². The lowest BCUT2D eigenvalue weighted by molar-refractivity contribution is -0.178. The first-order chi connectivity index (χ1) is 20.5. The van der Waals surface area contributed by atoms with Crippen molar-refractivity contribution in [2.45, 2.75) is 82.4 Å². The standard InChI is InChI=1S/C35H44O7/c1-39-33(37)19-11-3-2-10-18-29-30(32(25-31(29)36)42-35(38)27-16-8-5-9-17-27)22-21-28(24-26-14-6-4-7-15-26)41-34-20-12-13-23-40-34/h2,4-10,14-17,21-22,28-32,34,36H,3,11-13,18-20,23-25H2,1H3/t28-,29-,30-,31+,32-,34?/m1/s1. The molecule has 4 rings (SSSR count). The Morgan fingerprint density at radius 3 is 2.52 bits per heavy atom. The van der Waals surface area contributed by atoms with E-state index < -0.39 is 18.2 Å². The third kappa shape index (κ3) is 9.93. The van der Waals surface area contributed by atoms with E-state index in [1.807, 2.05) is 42.5 Å². The van der Waals surface area contributed by atoms with Gasteiger partial charge in [0.05, 0.1) is 24.9 Å². The molecule has 1 N–H and O–H groups in total. The van der Waals surface area contributed by atoms with Crippen LogP contribution in [-0.4, -0.2) is 55.4 Å². The topological polar surface area (TPSA) is 91.3 Å². The van der Waals surface area contributed by atoms with Crippen molar-refractivity contribution in [2.75, 3.05) is 13.7 Å². The Balaban J connectivity index is 1.49. The zero-order chi connectivity index (χ0) is 29.6. The maximum absolute atomic E-state index is 13.0. The van der Waals surface area contributed by atoms with Crippen molar-refractivity contribution in [1.82, 2.24) is 0 Å². The van der Waals surface area contributed by atoms with Crippen LogP contribution in [0.4, 0.5) is 0 Å². The molecule has 0 bridgehead atoms. The maximum atomic E-state index is 13.0. The molecule has 2 aromatic rings. The SMILES string of the molecule is COC(=O)CCCC=CC[C@@H]1[C@@H](C=C[C@H](Cc2ccccc2)OC2CCCCO2)[C@H](OC(=O)c2ccccc2)C[C@@H]1O. The third-order valence-electron chi connectivity index (χ3n) is 8.01. The highest BCUT2D eigenvalue weighted by molar-refractivity contribution is 5.89. The molecule has 0 radical (unpaired) electrons. The summed E-state index contributed by atoms with van der Waals surface area (Å²) in [4.78, 5) is 24.4. The van der Waals surface area contributed by atoms with Crippen molar-refractivity contribution in [2.24, 2.45) is 11.8 Å². The molecule has 7 nitrogen and oxygen atoms in total. The number of methoxy groups -OCH3 is 1. The minimum atomic E-state index is -0.622. The van der Waals surface area contributed by atoms with E-state index in [1.165, 1.54) is 7.11 Å². The summed E-state index contributed by atoms with van der Waals surface area (Å²) in [6.45, 7) is 0.701. The molecule has 0 aromatic heterocycles. The first-order valence-corrected chi connectivity index (χ1v) is 15.2. The molecule has 226 valence electrons. The number of hydrogen-bond donors (Lipinski definition) is 1. The fraction of sp³-hybridized carbons (Fsp3) is 0.486. The van der Waals surface area contributed by atoms with E-state index >= 15 is 0 Å². The molecule has 1 unspecified atom stereocenters. The summed E-state index contributed by atoms with van der Waals surface area (Å²) in [5.74, 6) is -0.928. The van der Waals surface area contributed by atoms with Crippen LogP contribution in [0.25, 0.3) is 0 Å². The molecule has 0 amide bonds. The fourth-order valence-corrected chi connectivity index (χ4v) is 5.70. The first-order valence-electron chi connectivity index (χ1n) is 15.2. The van der Waals surface area contributed by atoms with Gasteiger partial charge in [0.15, 0.2) is 6.29 Å². The van der Waals surface area contributed by atoms with E-state index in [4.69, 9.17) is 18.9 Å². The van der Waals surface area contributed by atoms with Crippen molar-refractivity contribution in [3.8, 4) is 0 Å². The molecule has 2 aliphatic rings. The van der Waals surface area contributed by atoms with Gasteiger partial charge in [-0.05, 0) is 62.1 Å². The average Bonchev–Trinajstić information content (AvgIpc) is 3.31. The van der Waals surface area contributed by atoms with Crippen molar-refractivity contribution in [1.29, 1.82) is 0 Å². The minimum Gasteiger partial charge on any atom is -0.469 e. The van der Waals surface area contributed by atoms with E-state index in [9.17, 15) is 14.7 Å². The van der Waals surface area contributed by atoms with Crippen LogP contribution in [0.3, 0.4) is 0 Å². The monoisotopic (exact) mass is 576 g/mol. The van der Waals surface area contributed by atoms with Crippen molar-refractivity contribution in [3.05, 3.63) is 96.1 Å². The van der Waals surface area contributed by atoms with E-state index in [2.05, 4.69) is 30.4 Å². The van der Waals surface area contributed by atoms with Crippen LogP contribution in [0.1, 0.15) is 67.3 Å². The molecule has 1 saturated carbocycles. The molecule has 1 heterocycles. The van der Waals surface area contributed by atoms with Crippen LogP contribution in [0.15, 0.2) is 85.0 Å². The number of esters is 2. The normalized spacial score (nSPS) is 25.0. The van der Waals surface area contributed by atoms with Gasteiger partial charge in [-0.1, -0.05) is 72.8 Å². The lowest BCUT2D eigenvalue weighted by Crippen LogP contribution is -2.29. The Morgan fingerprint density at radius 1 is 1.05 bits per heavy atom. The number of hydrogen-bond acceptors (Lipinski definition) is 7. The zero-order valence-corrected chi connectivity index (χ0v) is 24.5. The summed E-state index contributed by atoms with van der Waals surface area (Å²) in [6.07, 6.45) is 13.2. The molecule has 2 fully saturated rings. The van der Waals surface area contributed by atoms with Crippen molar-refractivity contribution in [3.63, 3.8) is 0 Å². The molecule has 42 heavy (non-hydrogen) atoms. The number of rotatable bonds is 14. The quantitative estimate of drug-likeness (QED) is 0.162. The highest BCUT2D eigenvalue weighted by Gasteiger charge is 2.43. The Morgan fingerprint density at radius 2 is 1.81 bits per heavy atom. The average molecular weight is 577 g/mol. The summed E-state index contributed by atoms with van der Waals surface area (Å²) in [5.41, 5.74) is 1.65. The number of aliphatic hydroxyl groups is 1. The van der Waals surface area contributed by atoms with Gasteiger partial charge in [-0.25, -0.2) is 4.79 Å². The van der Waals surface area contributed by atoms with Gasteiger partial charge in [0.1, 0.15) is 6.10 Å². The summed E-state index contributed by atoms with van der Waals surface area (Å²) in [7, 11) is 1.39. The van der Waals surface area contributed by atoms with Crippen molar-refractivity contribution < 1.29 is 33.6 Å². The second-order valence-electron chi connectivity index (χ2n) is 11.1. The van der Waals surface area contributed by atoms with Gasteiger partial charge in [-0.3, -0.25) is 4.79 Å². The molecule has 1 saturated heterocycles. The predicted molar refractivity (Wildman–Crippen MR) is 161 cm³/mol. The lowest BCUT2D eigenvalue weighted by Gasteiger charge is -2.27. The number of ether oxygens (including phenoxy) is 4. The smallest absolute Gasteiger partial charge is 0.338 e. The first kappa shape index (κ1) is 31.7. The van der Waals surface area contributed by atoms with Crippen LogP contribution >= 0.6 is 0 Å². The van der Waals surface area contributed by atoms with Crippen LogP contribution in [0.2, 0.25) is 0 Å². The minimum absolute atomic E-state index is 0.130. The molecule has 1 aliphatic heterocycles. The largest absolute Gasteiger partial charge is 0.469 e. The molecule has 6 atom stereocenters. The highest BCUT2D eigenvalue weighted by Crippen LogP contribution is 2.39. The molecular weight excluding hydrogens is 532 g/mol. The van der Waals surface area contributed by atoms with E-state index in [1.54, 1.807) is 12.1 Å². The van der Waals surface area contributed by atoms with Gasteiger partial charge in [-0.2, -0.15) is 0 Å². The Hall–Kier alpha value is -3.26. The molecular formula is C35H44O7. The fourth-order valence-electron chi connectivity index (χ4n) is 5.70. The highest BCUT2D eigenvalue weighted by atomic mass is 16.7. The second kappa shape index (κ2) is 17.0. The van der Waals surface area contributed by atoms with Gasteiger partial charge < -0.3 is 24.1 Å². The zero-order valence-electron chi connectivity index (χ0n) is 24.5. The number of carbonyl (C=O) groups is 2. The summed E-state index contributed by atoms with van der Waals surface area (Å²) in [6, 6.07) is 19.2. The second-order valence-corrected chi connectivity index (χ2v) is 11.1. The molecule has 1 aliphatic carbocycles. The molecule has 7 heteroatoms. The number of benzene rings is 2. The van der Waals surface area contributed by atoms with Crippen LogP contribution in [0, 0.1) is 11.8 Å². The maximum Gasteiger partial charge on any atom is 0.338 e. The Kier molecular flexibility index (Phi) is 12.8. The predicted octanol–water partition coefficient (Wildman–Crippen LogP) is 6.21. The van der Waals surface area contributed by atoms with Gasteiger partial charge in [-0.15, -0.1) is 0 Å². The van der Waals surface area contributed by atoms with Gasteiger partial charge in [0, 0.05) is 31.8 Å². The van der Waals surface area contributed by atoms with Crippen LogP contribution in [0.5, 0.6) is 0 Å². The van der Waals surface area contributed by atoms with Crippen molar-refractivity contribution >= 4 is 11.9 Å². The van der Waals surface area contributed by atoms with E-state index in [0.717, 1.165) is 31.2 Å². The molecule has 0 spiro atoms. The Labute approximate surface area is 249 Å². The molecule has 2 aromatic carbocycles. The van der Waals surface area contributed by atoms with Gasteiger partial charge in [0.2, 0.25) is 0 Å². The number of allylic oxidation sites excluding steroid dienone is 2. The van der Waals surface area contributed by atoms with Gasteiger partial charge >= 0.3 is 11.9 Å². The van der Waals surface area contributed by atoms with Crippen LogP contribution < -0.4 is 0 Å². The number of carbonyl (C=O) groups excluding carboxylic acids is 2. The summed E-state index contributed by atoms with van der Waals surface area (Å²) < 4.78 is 23.0. The summed E-state index contributed by atoms with van der Waals surface area (Å²) in [5, 5.41) is 11.1. The lowest BCUT2D eigenvalue weighted by atomic mass is 9.89. The number of unbranched alkanes of at least 4 members (excludes halogenated alkanes) is 1. The third-order valence-corrected chi connectivity index (χ3v) is 8.01. The number of aliphatic hydroxyl groups excluding tert-OH is 1. The summed E-state index contributed by atoms with van der Waals surface area (Å²) >= 11 is 0. The Bertz CT molecular complexity index is 1140. The van der Waals surface area contributed by atoms with Gasteiger partial charge in [0.25, 0.3) is 0 Å². The van der Waals surface area contributed by atoms with E-state index in [0.29, 0.717) is 44.3 Å². The van der Waals surface area contributed by atoms with Crippen LogP contribution in [-0.2, 0) is 30.2 Å².